The molecule has 162 valence electrons. The molecule has 0 amide bonds. The van der Waals surface area contributed by atoms with E-state index < -0.39 is 0 Å². The van der Waals surface area contributed by atoms with Gasteiger partial charge in [0.1, 0.15) is 11.9 Å². The second kappa shape index (κ2) is 8.85. The van der Waals surface area contributed by atoms with Crippen LogP contribution < -0.4 is 14.5 Å². The highest BCUT2D eigenvalue weighted by atomic mass is 16.5. The average Bonchev–Trinajstić information content (AvgIpc) is 2.78. The molecule has 0 saturated carbocycles. The maximum Gasteiger partial charge on any atom is 0.225 e. The van der Waals surface area contributed by atoms with Gasteiger partial charge in [0.2, 0.25) is 11.9 Å². The highest BCUT2D eigenvalue weighted by molar-refractivity contribution is 5.67. The summed E-state index contributed by atoms with van der Waals surface area (Å²) in [6, 6.07) is 9.90. The molecule has 1 aromatic carbocycles. The molecule has 2 aromatic heterocycles. The zero-order valence-corrected chi connectivity index (χ0v) is 18.7. The summed E-state index contributed by atoms with van der Waals surface area (Å²) in [7, 11) is 5.53. The number of hydrogen-bond donors (Lipinski definition) is 0. The van der Waals surface area contributed by atoms with Crippen LogP contribution in [0.2, 0.25) is 0 Å². The van der Waals surface area contributed by atoms with Crippen LogP contribution in [-0.4, -0.2) is 60.8 Å². The van der Waals surface area contributed by atoms with Crippen LogP contribution in [0.4, 0.5) is 11.9 Å². The van der Waals surface area contributed by atoms with E-state index in [1.807, 2.05) is 69.4 Å². The van der Waals surface area contributed by atoms with Gasteiger partial charge in [0.05, 0.1) is 26.0 Å². The fraction of sp³-hybridized carbons (Fsp3) is 0.391. The standard InChI is InChI=1S/C23H28N6O2/c1-15-12-16(2)26-23(25-15)29-10-11-31-20(14-29)21-19(13-24-22(27-21)28(3)4)17-6-8-18(30-5)9-7-17/h6-9,12-13,20H,10-11,14H2,1-5H3. The Balaban J connectivity index is 1.71. The predicted octanol–water partition coefficient (Wildman–Crippen LogP) is 3.20. The number of hydrogen-bond acceptors (Lipinski definition) is 8. The number of aromatic nitrogens is 4. The van der Waals surface area contributed by atoms with Crippen LogP contribution in [0.25, 0.3) is 11.1 Å². The Hall–Kier alpha value is -3.26. The third-order valence-electron chi connectivity index (χ3n) is 5.23. The second-order valence-electron chi connectivity index (χ2n) is 7.85. The molecule has 8 heteroatoms. The summed E-state index contributed by atoms with van der Waals surface area (Å²) in [6.45, 7) is 5.92. The molecule has 0 spiro atoms. The molecule has 1 unspecified atom stereocenters. The monoisotopic (exact) mass is 420 g/mol. The van der Waals surface area contributed by atoms with E-state index >= 15 is 0 Å². The van der Waals surface area contributed by atoms with E-state index in [0.717, 1.165) is 46.5 Å². The van der Waals surface area contributed by atoms with Gasteiger partial charge >= 0.3 is 0 Å². The maximum atomic E-state index is 6.19. The Bertz CT molecular complexity index is 1030. The number of morpholine rings is 1. The summed E-state index contributed by atoms with van der Waals surface area (Å²) in [4.78, 5) is 22.8. The Kier molecular flexibility index (Phi) is 5.99. The van der Waals surface area contributed by atoms with E-state index in [0.29, 0.717) is 19.1 Å². The number of ether oxygens (including phenoxy) is 2. The summed E-state index contributed by atoms with van der Waals surface area (Å²) in [5.41, 5.74) is 4.74. The first-order valence-corrected chi connectivity index (χ1v) is 10.3. The molecule has 1 aliphatic rings. The Labute approximate surface area is 182 Å². The van der Waals surface area contributed by atoms with E-state index in [4.69, 9.17) is 14.5 Å². The molecule has 31 heavy (non-hydrogen) atoms. The van der Waals surface area contributed by atoms with Gasteiger partial charge in [-0.2, -0.15) is 0 Å². The highest BCUT2D eigenvalue weighted by Crippen LogP contribution is 2.33. The molecule has 1 fully saturated rings. The van der Waals surface area contributed by atoms with Gasteiger partial charge in [-0.3, -0.25) is 0 Å². The molecule has 0 bridgehead atoms. The predicted molar refractivity (Wildman–Crippen MR) is 121 cm³/mol. The number of benzene rings is 1. The van der Waals surface area contributed by atoms with Gasteiger partial charge in [-0.1, -0.05) is 12.1 Å². The minimum atomic E-state index is -0.225. The molecular formula is C23H28N6O2. The lowest BCUT2D eigenvalue weighted by Crippen LogP contribution is -2.40. The number of anilines is 2. The van der Waals surface area contributed by atoms with Crippen molar-refractivity contribution in [3.63, 3.8) is 0 Å². The van der Waals surface area contributed by atoms with Gasteiger partial charge in [-0.25, -0.2) is 19.9 Å². The Morgan fingerprint density at radius 1 is 1.06 bits per heavy atom. The number of aryl methyl sites for hydroxylation is 2. The zero-order chi connectivity index (χ0) is 22.0. The largest absolute Gasteiger partial charge is 0.497 e. The smallest absolute Gasteiger partial charge is 0.225 e. The first-order valence-electron chi connectivity index (χ1n) is 10.3. The van der Waals surface area contributed by atoms with Crippen LogP contribution in [0.15, 0.2) is 36.5 Å². The van der Waals surface area contributed by atoms with Gasteiger partial charge in [0.25, 0.3) is 0 Å². The first-order chi connectivity index (χ1) is 14.9. The molecule has 3 heterocycles. The van der Waals surface area contributed by atoms with Crippen molar-refractivity contribution in [3.05, 3.63) is 53.6 Å². The van der Waals surface area contributed by atoms with Gasteiger partial charge in [-0.05, 0) is 37.6 Å². The van der Waals surface area contributed by atoms with Crippen LogP contribution in [0, 0.1) is 13.8 Å². The lowest BCUT2D eigenvalue weighted by molar-refractivity contribution is 0.0368. The lowest BCUT2D eigenvalue weighted by Gasteiger charge is -2.33. The Morgan fingerprint density at radius 2 is 1.77 bits per heavy atom. The first kappa shape index (κ1) is 21.0. The van der Waals surface area contributed by atoms with Gasteiger partial charge in [-0.15, -0.1) is 0 Å². The fourth-order valence-corrected chi connectivity index (χ4v) is 3.68. The van der Waals surface area contributed by atoms with E-state index in [9.17, 15) is 0 Å². The van der Waals surface area contributed by atoms with Crippen molar-refractivity contribution in [2.45, 2.75) is 20.0 Å². The minimum Gasteiger partial charge on any atom is -0.497 e. The second-order valence-corrected chi connectivity index (χ2v) is 7.85. The van der Waals surface area contributed by atoms with E-state index in [1.165, 1.54) is 0 Å². The van der Waals surface area contributed by atoms with Crippen LogP contribution in [-0.2, 0) is 4.74 Å². The summed E-state index contributed by atoms with van der Waals surface area (Å²) in [5.74, 6) is 2.19. The summed E-state index contributed by atoms with van der Waals surface area (Å²) < 4.78 is 11.5. The highest BCUT2D eigenvalue weighted by Gasteiger charge is 2.28. The quantitative estimate of drug-likeness (QED) is 0.623. The van der Waals surface area contributed by atoms with Crippen molar-refractivity contribution in [1.82, 2.24) is 19.9 Å². The van der Waals surface area contributed by atoms with Gasteiger partial charge < -0.3 is 19.3 Å². The Morgan fingerprint density at radius 3 is 2.42 bits per heavy atom. The SMILES string of the molecule is COc1ccc(-c2cnc(N(C)C)nc2C2CN(c3nc(C)cc(C)n3)CCO2)cc1. The normalized spacial score (nSPS) is 16.3. The zero-order valence-electron chi connectivity index (χ0n) is 18.7. The fourth-order valence-electron chi connectivity index (χ4n) is 3.68. The molecular weight excluding hydrogens is 392 g/mol. The molecule has 1 saturated heterocycles. The summed E-state index contributed by atoms with van der Waals surface area (Å²) in [6.07, 6.45) is 1.65. The molecule has 1 atom stereocenters. The maximum absolute atomic E-state index is 6.19. The van der Waals surface area contributed by atoms with Crippen molar-refractivity contribution in [1.29, 1.82) is 0 Å². The minimum absolute atomic E-state index is 0.225. The lowest BCUT2D eigenvalue weighted by atomic mass is 10.0. The van der Waals surface area contributed by atoms with Crippen LogP contribution >= 0.6 is 0 Å². The number of nitrogens with zero attached hydrogens (tertiary/aromatic N) is 6. The van der Waals surface area contributed by atoms with E-state index in [1.54, 1.807) is 7.11 Å². The molecule has 0 N–H and O–H groups in total. The van der Waals surface area contributed by atoms with Crippen molar-refractivity contribution < 1.29 is 9.47 Å². The van der Waals surface area contributed by atoms with Crippen molar-refractivity contribution in [2.75, 3.05) is 50.7 Å². The van der Waals surface area contributed by atoms with Crippen LogP contribution in [0.5, 0.6) is 5.75 Å². The van der Waals surface area contributed by atoms with Crippen molar-refractivity contribution in [2.24, 2.45) is 0 Å². The summed E-state index contributed by atoms with van der Waals surface area (Å²) in [5, 5.41) is 0. The topological polar surface area (TPSA) is 76.5 Å². The van der Waals surface area contributed by atoms with Crippen LogP contribution in [0.3, 0.4) is 0 Å². The molecule has 8 nitrogen and oxygen atoms in total. The summed E-state index contributed by atoms with van der Waals surface area (Å²) >= 11 is 0. The van der Waals surface area contributed by atoms with Gasteiger partial charge in [0, 0.05) is 43.8 Å². The molecule has 0 aliphatic carbocycles. The molecule has 4 rings (SSSR count). The van der Waals surface area contributed by atoms with E-state index in [-0.39, 0.29) is 6.10 Å². The molecule has 3 aromatic rings. The molecule has 1 aliphatic heterocycles. The van der Waals surface area contributed by atoms with Gasteiger partial charge in [0.15, 0.2) is 0 Å². The number of rotatable bonds is 5. The number of methoxy groups -OCH3 is 1. The third kappa shape index (κ3) is 4.59. The van der Waals surface area contributed by atoms with Crippen LogP contribution in [0.1, 0.15) is 23.2 Å². The molecule has 0 radical (unpaired) electrons. The van der Waals surface area contributed by atoms with Crippen molar-refractivity contribution in [3.8, 4) is 16.9 Å². The van der Waals surface area contributed by atoms with Crippen molar-refractivity contribution >= 4 is 11.9 Å². The average molecular weight is 421 g/mol. The van der Waals surface area contributed by atoms with E-state index in [2.05, 4.69) is 19.9 Å². The third-order valence-corrected chi connectivity index (χ3v) is 5.23.